The maximum atomic E-state index is 12.5. The molecule has 4 heteroatoms. The Hall–Kier alpha value is -0.900. The number of aromatic nitrogens is 1. The summed E-state index contributed by atoms with van der Waals surface area (Å²) < 4.78 is 17.6. The topological polar surface area (TPSA) is 26.0 Å². The Balaban J connectivity index is 2.82. The number of fused-ring (bicyclic) bond motifs is 1. The SMILES string of the molecule is Fc1ccc2nc(Br)oc2c1. The van der Waals surface area contributed by atoms with Crippen LogP contribution >= 0.6 is 15.9 Å². The van der Waals surface area contributed by atoms with Crippen molar-refractivity contribution in [2.45, 2.75) is 0 Å². The van der Waals surface area contributed by atoms with E-state index in [2.05, 4.69) is 20.9 Å². The fourth-order valence-electron chi connectivity index (χ4n) is 0.870. The quantitative estimate of drug-likeness (QED) is 0.676. The first-order chi connectivity index (χ1) is 5.25. The Morgan fingerprint density at radius 3 is 3.09 bits per heavy atom. The molecule has 0 saturated heterocycles. The van der Waals surface area contributed by atoms with E-state index < -0.39 is 0 Å². The van der Waals surface area contributed by atoms with Gasteiger partial charge in [-0.1, -0.05) is 0 Å². The number of hydrogen-bond acceptors (Lipinski definition) is 2. The lowest BCUT2D eigenvalue weighted by Gasteiger charge is -1.84. The minimum absolute atomic E-state index is 0.318. The number of oxazole rings is 1. The first kappa shape index (κ1) is 6.79. The van der Waals surface area contributed by atoms with Crippen LogP contribution < -0.4 is 0 Å². The Kier molecular flexibility index (Phi) is 1.42. The van der Waals surface area contributed by atoms with Gasteiger partial charge in [-0.2, -0.15) is 0 Å². The van der Waals surface area contributed by atoms with Crippen molar-refractivity contribution in [3.63, 3.8) is 0 Å². The fourth-order valence-corrected chi connectivity index (χ4v) is 1.24. The average Bonchev–Trinajstić information content (AvgIpc) is 2.27. The first-order valence-corrected chi connectivity index (χ1v) is 3.76. The van der Waals surface area contributed by atoms with Gasteiger partial charge in [-0.3, -0.25) is 0 Å². The maximum Gasteiger partial charge on any atom is 0.265 e. The predicted molar refractivity (Wildman–Crippen MR) is 41.7 cm³/mol. The third-order valence-electron chi connectivity index (χ3n) is 1.32. The number of benzene rings is 1. The molecule has 0 saturated carbocycles. The molecule has 0 atom stereocenters. The summed E-state index contributed by atoms with van der Waals surface area (Å²) in [6.07, 6.45) is 0. The van der Waals surface area contributed by atoms with Crippen LogP contribution in [0, 0.1) is 5.82 Å². The van der Waals surface area contributed by atoms with Crippen LogP contribution in [0.4, 0.5) is 4.39 Å². The molecule has 0 unspecified atom stereocenters. The lowest BCUT2D eigenvalue weighted by atomic mass is 10.3. The second-order valence-electron chi connectivity index (χ2n) is 2.08. The molecule has 2 aromatic rings. The smallest absolute Gasteiger partial charge is 0.265 e. The van der Waals surface area contributed by atoms with Crippen LogP contribution in [0.25, 0.3) is 11.1 Å². The Labute approximate surface area is 70.2 Å². The van der Waals surface area contributed by atoms with Gasteiger partial charge >= 0.3 is 0 Å². The summed E-state index contributed by atoms with van der Waals surface area (Å²) in [6.45, 7) is 0. The van der Waals surface area contributed by atoms with Crippen molar-refractivity contribution in [3.05, 3.63) is 28.8 Å². The minimum atomic E-state index is -0.318. The van der Waals surface area contributed by atoms with Crippen molar-refractivity contribution < 1.29 is 8.81 Å². The Morgan fingerprint density at radius 1 is 1.45 bits per heavy atom. The van der Waals surface area contributed by atoms with E-state index in [1.54, 1.807) is 6.07 Å². The molecule has 0 aliphatic heterocycles. The predicted octanol–water partition coefficient (Wildman–Crippen LogP) is 2.73. The summed E-state index contributed by atoms with van der Waals surface area (Å²) in [5.74, 6) is -0.318. The van der Waals surface area contributed by atoms with Crippen molar-refractivity contribution in [3.8, 4) is 0 Å². The van der Waals surface area contributed by atoms with Gasteiger partial charge in [0.1, 0.15) is 11.3 Å². The molecular formula is C7H3BrFNO. The van der Waals surface area contributed by atoms with Crippen molar-refractivity contribution in [1.82, 2.24) is 4.98 Å². The summed E-state index contributed by atoms with van der Waals surface area (Å²) in [4.78, 5) is 4.31. The molecule has 11 heavy (non-hydrogen) atoms. The van der Waals surface area contributed by atoms with E-state index in [-0.39, 0.29) is 5.82 Å². The number of nitrogens with zero attached hydrogens (tertiary/aromatic N) is 1. The molecule has 0 radical (unpaired) electrons. The van der Waals surface area contributed by atoms with E-state index in [9.17, 15) is 4.39 Å². The van der Waals surface area contributed by atoms with Gasteiger partial charge < -0.3 is 4.42 Å². The molecule has 2 nitrogen and oxygen atoms in total. The maximum absolute atomic E-state index is 12.5. The van der Waals surface area contributed by atoms with Crippen molar-refractivity contribution in [2.75, 3.05) is 0 Å². The van der Waals surface area contributed by atoms with Crippen LogP contribution in [-0.4, -0.2) is 4.98 Å². The summed E-state index contributed by atoms with van der Waals surface area (Å²) in [5.41, 5.74) is 1.11. The van der Waals surface area contributed by atoms with E-state index >= 15 is 0 Å². The van der Waals surface area contributed by atoms with Crippen LogP contribution in [0.2, 0.25) is 0 Å². The third-order valence-corrected chi connectivity index (χ3v) is 1.66. The molecule has 0 aliphatic carbocycles. The van der Waals surface area contributed by atoms with Crippen molar-refractivity contribution >= 4 is 27.0 Å². The zero-order valence-electron chi connectivity index (χ0n) is 5.34. The second-order valence-corrected chi connectivity index (χ2v) is 2.76. The number of rotatable bonds is 0. The van der Waals surface area contributed by atoms with E-state index in [4.69, 9.17) is 4.42 Å². The largest absolute Gasteiger partial charge is 0.431 e. The van der Waals surface area contributed by atoms with Crippen LogP contribution in [0.15, 0.2) is 27.4 Å². The molecule has 56 valence electrons. The Bertz CT molecular complexity index is 398. The molecular weight excluding hydrogens is 213 g/mol. The van der Waals surface area contributed by atoms with Gasteiger partial charge in [0.15, 0.2) is 5.58 Å². The fraction of sp³-hybridized carbons (Fsp3) is 0. The van der Waals surface area contributed by atoms with Crippen LogP contribution in [0.1, 0.15) is 0 Å². The highest BCUT2D eigenvalue weighted by atomic mass is 79.9. The van der Waals surface area contributed by atoms with Gasteiger partial charge in [-0.25, -0.2) is 9.37 Å². The van der Waals surface area contributed by atoms with Gasteiger partial charge in [0.05, 0.1) is 0 Å². The molecule has 0 fully saturated rings. The lowest BCUT2D eigenvalue weighted by molar-refractivity contribution is 0.564. The number of halogens is 2. The summed E-state index contributed by atoms with van der Waals surface area (Å²) >= 11 is 3.05. The monoisotopic (exact) mass is 215 g/mol. The van der Waals surface area contributed by atoms with Crippen LogP contribution in [-0.2, 0) is 0 Å². The molecule has 0 bridgehead atoms. The van der Waals surface area contributed by atoms with Gasteiger partial charge in [0.2, 0.25) is 0 Å². The summed E-state index contributed by atoms with van der Waals surface area (Å²) in [7, 11) is 0. The first-order valence-electron chi connectivity index (χ1n) is 2.97. The standard InChI is InChI=1S/C7H3BrFNO/c8-7-10-5-2-1-4(9)3-6(5)11-7/h1-3H. The van der Waals surface area contributed by atoms with Gasteiger partial charge in [0, 0.05) is 22.0 Å². The highest BCUT2D eigenvalue weighted by Crippen LogP contribution is 2.19. The molecule has 1 aromatic carbocycles. The summed E-state index contributed by atoms with van der Waals surface area (Å²) in [5, 5.41) is 0. The molecule has 0 aliphatic rings. The molecule has 1 aromatic heterocycles. The average molecular weight is 216 g/mol. The molecule has 0 amide bonds. The lowest BCUT2D eigenvalue weighted by Crippen LogP contribution is -1.70. The van der Waals surface area contributed by atoms with E-state index in [0.29, 0.717) is 15.9 Å². The zero-order valence-corrected chi connectivity index (χ0v) is 6.93. The number of hydrogen-bond donors (Lipinski definition) is 0. The summed E-state index contributed by atoms with van der Waals surface area (Å²) in [6, 6.07) is 4.21. The van der Waals surface area contributed by atoms with Crippen molar-refractivity contribution in [2.24, 2.45) is 0 Å². The van der Waals surface area contributed by atoms with E-state index in [1.807, 2.05) is 0 Å². The van der Waals surface area contributed by atoms with E-state index in [0.717, 1.165) is 0 Å². The second kappa shape index (κ2) is 2.30. The van der Waals surface area contributed by atoms with Gasteiger partial charge in [-0.15, -0.1) is 0 Å². The molecule has 2 rings (SSSR count). The van der Waals surface area contributed by atoms with E-state index in [1.165, 1.54) is 12.1 Å². The minimum Gasteiger partial charge on any atom is -0.431 e. The molecule has 1 heterocycles. The van der Waals surface area contributed by atoms with Gasteiger partial charge in [-0.05, 0) is 12.1 Å². The zero-order chi connectivity index (χ0) is 7.84. The normalized spacial score (nSPS) is 10.7. The van der Waals surface area contributed by atoms with Crippen LogP contribution in [0.5, 0.6) is 0 Å². The van der Waals surface area contributed by atoms with Gasteiger partial charge in [0.25, 0.3) is 4.80 Å². The van der Waals surface area contributed by atoms with Crippen LogP contribution in [0.3, 0.4) is 0 Å². The highest BCUT2D eigenvalue weighted by molar-refractivity contribution is 9.10. The van der Waals surface area contributed by atoms with Crippen molar-refractivity contribution in [1.29, 1.82) is 0 Å². The molecule has 0 N–H and O–H groups in total. The highest BCUT2D eigenvalue weighted by Gasteiger charge is 2.02. The third kappa shape index (κ3) is 1.14. The Morgan fingerprint density at radius 2 is 2.27 bits per heavy atom. The molecule has 0 spiro atoms.